The minimum atomic E-state index is -0.0990. The van der Waals surface area contributed by atoms with Crippen LogP contribution in [-0.4, -0.2) is 26.7 Å². The predicted molar refractivity (Wildman–Crippen MR) is 106 cm³/mol. The maximum atomic E-state index is 12.2. The minimum Gasteiger partial charge on any atom is -0.354 e. The highest BCUT2D eigenvalue weighted by Gasteiger charge is 2.17. The lowest BCUT2D eigenvalue weighted by atomic mass is 10.2. The molecule has 0 aliphatic heterocycles. The number of halogens is 2. The first-order chi connectivity index (χ1) is 12.4. The zero-order chi connectivity index (χ0) is 18.7. The van der Waals surface area contributed by atoms with Crippen molar-refractivity contribution < 1.29 is 4.79 Å². The molecule has 0 aliphatic carbocycles. The lowest BCUT2D eigenvalue weighted by Gasteiger charge is -2.09. The molecule has 134 valence electrons. The summed E-state index contributed by atoms with van der Waals surface area (Å²) >= 11 is 9.54. The van der Waals surface area contributed by atoms with Gasteiger partial charge in [-0.2, -0.15) is 0 Å². The minimum absolute atomic E-state index is 0.0657. The molecular weight excluding hydrogens is 416 g/mol. The van der Waals surface area contributed by atoms with Crippen LogP contribution in [0, 0.1) is 0 Å². The predicted octanol–water partition coefficient (Wildman–Crippen LogP) is 4.42. The lowest BCUT2D eigenvalue weighted by molar-refractivity contribution is -0.121. The first-order valence-corrected chi connectivity index (χ1v) is 9.36. The van der Waals surface area contributed by atoms with Gasteiger partial charge in [-0.05, 0) is 44.2 Å². The molecule has 1 N–H and O–H groups in total. The second-order valence-electron chi connectivity index (χ2n) is 6.15. The summed E-state index contributed by atoms with van der Waals surface area (Å²) in [5, 5.41) is 8.09. The van der Waals surface area contributed by atoms with Gasteiger partial charge >= 0.3 is 0 Å². The van der Waals surface area contributed by atoms with Crippen molar-refractivity contribution in [2.75, 3.05) is 0 Å². The van der Waals surface area contributed by atoms with Crippen molar-refractivity contribution in [1.29, 1.82) is 0 Å². The van der Waals surface area contributed by atoms with Crippen molar-refractivity contribution in [3.8, 4) is 17.1 Å². The van der Waals surface area contributed by atoms with Gasteiger partial charge in [0.15, 0.2) is 5.82 Å². The normalized spacial score (nSPS) is 11.0. The molecule has 2 aromatic carbocycles. The summed E-state index contributed by atoms with van der Waals surface area (Å²) in [4.78, 5) is 16.8. The van der Waals surface area contributed by atoms with Gasteiger partial charge in [0, 0.05) is 21.1 Å². The number of carbonyl (C=O) groups is 1. The topological polar surface area (TPSA) is 59.8 Å². The summed E-state index contributed by atoms with van der Waals surface area (Å²) < 4.78 is 2.65. The van der Waals surface area contributed by atoms with Crippen LogP contribution in [0.15, 0.2) is 53.0 Å². The number of rotatable bonds is 5. The Morgan fingerprint density at radius 2 is 1.96 bits per heavy atom. The summed E-state index contributed by atoms with van der Waals surface area (Å²) in [6.45, 7) is 3.85. The van der Waals surface area contributed by atoms with E-state index in [1.54, 1.807) is 16.8 Å². The Bertz CT molecular complexity index is 922. The number of carbonyl (C=O) groups excluding carboxylic acids is 1. The third-order valence-corrected chi connectivity index (χ3v) is 4.36. The largest absolute Gasteiger partial charge is 0.354 e. The van der Waals surface area contributed by atoms with Crippen molar-refractivity contribution in [3.05, 3.63) is 63.9 Å². The van der Waals surface area contributed by atoms with Crippen LogP contribution >= 0.6 is 27.5 Å². The number of nitrogens with one attached hydrogen (secondary N) is 1. The molecule has 1 aromatic heterocycles. The van der Waals surface area contributed by atoms with Gasteiger partial charge in [0.2, 0.25) is 5.91 Å². The van der Waals surface area contributed by atoms with Gasteiger partial charge in [0.1, 0.15) is 5.82 Å². The molecule has 0 bridgehead atoms. The zero-order valence-corrected chi connectivity index (χ0v) is 16.8. The third kappa shape index (κ3) is 4.51. The number of hydrogen-bond acceptors (Lipinski definition) is 3. The molecule has 3 aromatic rings. The Morgan fingerprint density at radius 3 is 2.62 bits per heavy atom. The number of aromatic nitrogens is 3. The monoisotopic (exact) mass is 432 g/mol. The van der Waals surface area contributed by atoms with Gasteiger partial charge in [-0.3, -0.25) is 4.79 Å². The van der Waals surface area contributed by atoms with Crippen molar-refractivity contribution in [2.45, 2.75) is 26.3 Å². The SMILES string of the molecule is CC(C)NC(=O)Cc1nc(-c2ccc(Br)cc2)nn1-c1cccc(Cl)c1. The zero-order valence-electron chi connectivity index (χ0n) is 14.4. The Morgan fingerprint density at radius 1 is 1.23 bits per heavy atom. The summed E-state index contributed by atoms with van der Waals surface area (Å²) in [7, 11) is 0. The van der Waals surface area contributed by atoms with Crippen molar-refractivity contribution in [3.63, 3.8) is 0 Å². The van der Waals surface area contributed by atoms with Crippen molar-refractivity contribution in [1.82, 2.24) is 20.1 Å². The molecule has 0 radical (unpaired) electrons. The van der Waals surface area contributed by atoms with E-state index in [-0.39, 0.29) is 18.4 Å². The average molecular weight is 434 g/mol. The second kappa shape index (κ2) is 8.01. The first kappa shape index (κ1) is 18.6. The van der Waals surface area contributed by atoms with Crippen LogP contribution < -0.4 is 5.32 Å². The van der Waals surface area contributed by atoms with Crippen molar-refractivity contribution >= 4 is 33.4 Å². The van der Waals surface area contributed by atoms with E-state index in [0.29, 0.717) is 16.7 Å². The fourth-order valence-electron chi connectivity index (χ4n) is 2.51. The van der Waals surface area contributed by atoms with Gasteiger partial charge < -0.3 is 5.32 Å². The lowest BCUT2D eigenvalue weighted by Crippen LogP contribution is -2.32. The number of benzene rings is 2. The Hall–Kier alpha value is -2.18. The molecule has 3 rings (SSSR count). The highest BCUT2D eigenvalue weighted by Crippen LogP contribution is 2.22. The van der Waals surface area contributed by atoms with Crippen molar-refractivity contribution in [2.24, 2.45) is 0 Å². The van der Waals surface area contributed by atoms with Crippen LogP contribution in [0.1, 0.15) is 19.7 Å². The van der Waals surface area contributed by atoms with E-state index in [9.17, 15) is 4.79 Å². The molecule has 5 nitrogen and oxygen atoms in total. The highest BCUT2D eigenvalue weighted by molar-refractivity contribution is 9.10. The standard InChI is InChI=1S/C19H18BrClN4O/c1-12(2)22-18(26)11-17-23-19(13-6-8-14(20)9-7-13)24-25(17)16-5-3-4-15(21)10-16/h3-10,12H,11H2,1-2H3,(H,22,26). The molecule has 0 saturated carbocycles. The van der Waals surface area contributed by atoms with Crippen LogP contribution in [0.4, 0.5) is 0 Å². The Labute approximate surface area is 165 Å². The van der Waals surface area contributed by atoms with Gasteiger partial charge in [0.05, 0.1) is 12.1 Å². The van der Waals surface area contributed by atoms with E-state index in [2.05, 4.69) is 31.3 Å². The maximum Gasteiger partial charge on any atom is 0.227 e. The van der Waals surface area contributed by atoms with Gasteiger partial charge in [-0.25, -0.2) is 9.67 Å². The summed E-state index contributed by atoms with van der Waals surface area (Å²) in [5.41, 5.74) is 1.64. The van der Waals surface area contributed by atoms with Crippen LogP contribution in [0.25, 0.3) is 17.1 Å². The molecule has 0 spiro atoms. The van der Waals surface area contributed by atoms with E-state index in [0.717, 1.165) is 15.7 Å². The molecule has 0 unspecified atom stereocenters. The molecule has 7 heteroatoms. The fourth-order valence-corrected chi connectivity index (χ4v) is 2.96. The molecule has 26 heavy (non-hydrogen) atoms. The molecule has 0 aliphatic rings. The van der Waals surface area contributed by atoms with E-state index in [1.165, 1.54) is 0 Å². The van der Waals surface area contributed by atoms with Crippen LogP contribution in [0.3, 0.4) is 0 Å². The summed E-state index contributed by atoms with van der Waals surface area (Å²) in [6.07, 6.45) is 0.133. The number of hydrogen-bond donors (Lipinski definition) is 1. The van der Waals surface area contributed by atoms with E-state index in [1.807, 2.05) is 50.2 Å². The van der Waals surface area contributed by atoms with Gasteiger partial charge in [-0.15, -0.1) is 5.10 Å². The maximum absolute atomic E-state index is 12.2. The summed E-state index contributed by atoms with van der Waals surface area (Å²) in [5.74, 6) is 1.02. The molecule has 1 heterocycles. The quantitative estimate of drug-likeness (QED) is 0.648. The first-order valence-electron chi connectivity index (χ1n) is 8.19. The number of amides is 1. The fraction of sp³-hybridized carbons (Fsp3) is 0.211. The molecular formula is C19H18BrClN4O. The molecule has 0 fully saturated rings. The van der Waals surface area contributed by atoms with E-state index in [4.69, 9.17) is 11.6 Å². The van der Waals surface area contributed by atoms with Crippen LogP contribution in [-0.2, 0) is 11.2 Å². The molecule has 0 atom stereocenters. The third-order valence-electron chi connectivity index (χ3n) is 3.60. The average Bonchev–Trinajstić information content (AvgIpc) is 2.98. The van der Waals surface area contributed by atoms with Gasteiger partial charge in [-0.1, -0.05) is 45.7 Å². The Balaban J connectivity index is 2.02. The molecule has 0 saturated heterocycles. The number of nitrogens with zero attached hydrogens (tertiary/aromatic N) is 3. The Kier molecular flexibility index (Phi) is 5.74. The van der Waals surface area contributed by atoms with Crippen LogP contribution in [0.2, 0.25) is 5.02 Å². The van der Waals surface area contributed by atoms with Gasteiger partial charge in [0.25, 0.3) is 0 Å². The highest BCUT2D eigenvalue weighted by atomic mass is 79.9. The smallest absolute Gasteiger partial charge is 0.227 e. The molecule has 1 amide bonds. The van der Waals surface area contributed by atoms with Crippen LogP contribution in [0.5, 0.6) is 0 Å². The van der Waals surface area contributed by atoms with E-state index < -0.39 is 0 Å². The van der Waals surface area contributed by atoms with E-state index >= 15 is 0 Å². The second-order valence-corrected chi connectivity index (χ2v) is 7.50. The summed E-state index contributed by atoms with van der Waals surface area (Å²) in [6, 6.07) is 15.1.